The summed E-state index contributed by atoms with van der Waals surface area (Å²) >= 11 is 16.6. The molecule has 6 nitrogen and oxygen atoms in total. The summed E-state index contributed by atoms with van der Waals surface area (Å²) in [6, 6.07) is 1.34. The van der Waals surface area contributed by atoms with Crippen molar-refractivity contribution < 1.29 is 4.79 Å². The number of carbonyl (C=O) groups excluding carboxylic acids is 1. The third-order valence-corrected chi connectivity index (χ3v) is 2.36. The molecule has 19 heavy (non-hydrogen) atoms. The van der Waals surface area contributed by atoms with Crippen LogP contribution in [0, 0.1) is 0 Å². The van der Waals surface area contributed by atoms with Gasteiger partial charge in [-0.2, -0.15) is 0 Å². The molecule has 0 fully saturated rings. The highest BCUT2D eigenvalue weighted by atomic mass is 35.6. The SMILES string of the molecule is CC(C)c1cc(=O)n(CC(Cl)(Cl)Cl)c(=O)[nH]1.NC=O. The normalized spacial score (nSPS) is 10.8. The molecule has 0 unspecified atom stereocenters. The first-order valence-electron chi connectivity index (χ1n) is 5.18. The molecule has 0 aliphatic rings. The fourth-order valence-electron chi connectivity index (χ4n) is 1.18. The number of nitrogens with two attached hydrogens (primary N) is 1. The first-order chi connectivity index (χ1) is 8.62. The van der Waals surface area contributed by atoms with E-state index in [0.29, 0.717) is 5.69 Å². The van der Waals surface area contributed by atoms with E-state index in [-0.39, 0.29) is 18.9 Å². The average molecular weight is 331 g/mol. The van der Waals surface area contributed by atoms with Crippen molar-refractivity contribution in [3.05, 3.63) is 32.6 Å². The fraction of sp³-hybridized carbons (Fsp3) is 0.500. The topological polar surface area (TPSA) is 97.9 Å². The molecule has 0 bridgehead atoms. The van der Waals surface area contributed by atoms with Gasteiger partial charge in [-0.25, -0.2) is 4.79 Å². The molecule has 0 saturated heterocycles. The smallest absolute Gasteiger partial charge is 0.328 e. The Morgan fingerprint density at radius 1 is 1.42 bits per heavy atom. The van der Waals surface area contributed by atoms with Crippen molar-refractivity contribution in [1.29, 1.82) is 0 Å². The Kier molecular flexibility index (Phi) is 7.18. The number of aromatic nitrogens is 2. The molecule has 0 aliphatic heterocycles. The summed E-state index contributed by atoms with van der Waals surface area (Å²) < 4.78 is -0.810. The van der Waals surface area contributed by atoms with Crippen LogP contribution < -0.4 is 17.0 Å². The second kappa shape index (κ2) is 7.57. The number of rotatable bonds is 2. The zero-order valence-electron chi connectivity index (χ0n) is 10.3. The average Bonchev–Trinajstić information content (AvgIpc) is 2.22. The maximum absolute atomic E-state index is 11.6. The predicted molar refractivity (Wildman–Crippen MR) is 76.0 cm³/mol. The number of nitrogens with zero attached hydrogens (tertiary/aromatic N) is 1. The van der Waals surface area contributed by atoms with Crippen molar-refractivity contribution in [2.75, 3.05) is 0 Å². The number of hydrogen-bond donors (Lipinski definition) is 2. The lowest BCUT2D eigenvalue weighted by atomic mass is 10.1. The maximum Gasteiger partial charge on any atom is 0.328 e. The van der Waals surface area contributed by atoms with Crippen LogP contribution in [0.1, 0.15) is 25.5 Å². The quantitative estimate of drug-likeness (QED) is 0.628. The highest BCUT2D eigenvalue weighted by Gasteiger charge is 2.22. The molecule has 1 aromatic rings. The van der Waals surface area contributed by atoms with E-state index in [4.69, 9.17) is 39.6 Å². The lowest BCUT2D eigenvalue weighted by Gasteiger charge is -2.13. The van der Waals surface area contributed by atoms with Gasteiger partial charge in [0.05, 0.1) is 6.54 Å². The number of alkyl halides is 3. The Morgan fingerprint density at radius 3 is 2.21 bits per heavy atom. The summed E-state index contributed by atoms with van der Waals surface area (Å²) in [5.74, 6) is 0.0582. The number of halogens is 3. The lowest BCUT2D eigenvalue weighted by Crippen LogP contribution is -2.39. The van der Waals surface area contributed by atoms with Gasteiger partial charge < -0.3 is 10.7 Å². The van der Waals surface area contributed by atoms with E-state index >= 15 is 0 Å². The van der Waals surface area contributed by atoms with Crippen molar-refractivity contribution in [2.45, 2.75) is 30.1 Å². The number of amides is 1. The summed E-state index contributed by atoms with van der Waals surface area (Å²) in [5, 5.41) is 0. The summed E-state index contributed by atoms with van der Waals surface area (Å²) in [4.78, 5) is 34.3. The number of hydrogen-bond acceptors (Lipinski definition) is 3. The number of H-pyrrole nitrogens is 1. The molecule has 1 amide bonds. The Balaban J connectivity index is 0.000000982. The van der Waals surface area contributed by atoms with Crippen molar-refractivity contribution in [2.24, 2.45) is 5.73 Å². The summed E-state index contributed by atoms with van der Waals surface area (Å²) in [6.07, 6.45) is 0.250. The van der Waals surface area contributed by atoms with Gasteiger partial charge in [0, 0.05) is 11.8 Å². The number of primary amides is 1. The molecule has 0 spiro atoms. The van der Waals surface area contributed by atoms with Crippen LogP contribution in [0.15, 0.2) is 15.7 Å². The lowest BCUT2D eigenvalue weighted by molar-refractivity contribution is -0.106. The molecule has 0 atom stereocenters. The first-order valence-corrected chi connectivity index (χ1v) is 6.32. The second-order valence-corrected chi connectivity index (χ2v) is 6.38. The molecule has 1 rings (SSSR count). The maximum atomic E-state index is 11.6. The monoisotopic (exact) mass is 329 g/mol. The minimum Gasteiger partial charge on any atom is -0.372 e. The zero-order chi connectivity index (χ0) is 15.2. The Labute approximate surface area is 124 Å². The van der Waals surface area contributed by atoms with Crippen LogP contribution in [0.25, 0.3) is 0 Å². The molecule has 108 valence electrons. The Morgan fingerprint density at radius 2 is 1.89 bits per heavy atom. The van der Waals surface area contributed by atoms with E-state index in [2.05, 4.69) is 10.7 Å². The van der Waals surface area contributed by atoms with Gasteiger partial charge in [-0.1, -0.05) is 48.7 Å². The molecule has 0 aliphatic carbocycles. The van der Waals surface area contributed by atoms with Gasteiger partial charge in [-0.3, -0.25) is 14.2 Å². The molecular weight excluding hydrogens is 316 g/mol. The zero-order valence-corrected chi connectivity index (χ0v) is 12.6. The van der Waals surface area contributed by atoms with Crippen LogP contribution in [0.4, 0.5) is 0 Å². The fourth-order valence-corrected chi connectivity index (χ4v) is 1.54. The molecule has 0 saturated carbocycles. The molecular formula is C10H14Cl3N3O3. The largest absolute Gasteiger partial charge is 0.372 e. The van der Waals surface area contributed by atoms with Crippen LogP contribution in [0.3, 0.4) is 0 Å². The molecule has 1 heterocycles. The highest BCUT2D eigenvalue weighted by molar-refractivity contribution is 6.67. The molecule has 3 N–H and O–H groups in total. The van der Waals surface area contributed by atoms with Gasteiger partial charge in [0.2, 0.25) is 10.2 Å². The van der Waals surface area contributed by atoms with Gasteiger partial charge in [-0.05, 0) is 5.92 Å². The number of carbonyl (C=O) groups is 1. The third kappa shape index (κ3) is 6.66. The van der Waals surface area contributed by atoms with E-state index in [1.165, 1.54) is 6.07 Å². The highest BCUT2D eigenvalue weighted by Crippen LogP contribution is 2.26. The van der Waals surface area contributed by atoms with E-state index < -0.39 is 15.0 Å². The Hall–Kier alpha value is -0.980. The first kappa shape index (κ1) is 18.0. The number of aromatic amines is 1. The third-order valence-electron chi connectivity index (χ3n) is 2.00. The van der Waals surface area contributed by atoms with E-state index in [0.717, 1.165) is 4.57 Å². The summed E-state index contributed by atoms with van der Waals surface area (Å²) in [7, 11) is 0. The number of nitrogens with one attached hydrogen (secondary N) is 1. The van der Waals surface area contributed by atoms with Gasteiger partial charge >= 0.3 is 5.69 Å². The van der Waals surface area contributed by atoms with Gasteiger partial charge in [0.15, 0.2) is 0 Å². The summed E-state index contributed by atoms with van der Waals surface area (Å²) in [5.41, 5.74) is 3.69. The van der Waals surface area contributed by atoms with E-state index in [9.17, 15) is 9.59 Å². The minimum atomic E-state index is -1.67. The van der Waals surface area contributed by atoms with E-state index in [1.807, 2.05) is 13.8 Å². The molecule has 1 aromatic heterocycles. The minimum absolute atomic E-state index is 0.0582. The van der Waals surface area contributed by atoms with Crippen LogP contribution in [0.5, 0.6) is 0 Å². The van der Waals surface area contributed by atoms with Crippen molar-refractivity contribution >= 4 is 41.2 Å². The molecule has 9 heteroatoms. The second-order valence-electron chi connectivity index (χ2n) is 3.86. The van der Waals surface area contributed by atoms with Crippen molar-refractivity contribution in [3.63, 3.8) is 0 Å². The predicted octanol–water partition coefficient (Wildman–Crippen LogP) is 1.13. The van der Waals surface area contributed by atoms with Crippen LogP contribution in [-0.4, -0.2) is 19.8 Å². The standard InChI is InChI=1S/C9H11Cl3N2O2.CH3NO/c1-5(2)6-3-7(15)14(8(16)13-6)4-9(10,11)12;2-1-3/h3,5H,4H2,1-2H3,(H,13,16);1H,(H2,2,3). The van der Waals surface area contributed by atoms with Crippen molar-refractivity contribution in [1.82, 2.24) is 9.55 Å². The van der Waals surface area contributed by atoms with Gasteiger partial charge in [0.25, 0.3) is 5.56 Å². The Bertz CT molecular complexity index is 500. The molecule has 0 aromatic carbocycles. The van der Waals surface area contributed by atoms with E-state index in [1.54, 1.807) is 0 Å². The van der Waals surface area contributed by atoms with Crippen LogP contribution in [0.2, 0.25) is 0 Å². The van der Waals surface area contributed by atoms with Crippen LogP contribution in [-0.2, 0) is 11.3 Å². The van der Waals surface area contributed by atoms with Crippen molar-refractivity contribution in [3.8, 4) is 0 Å². The van der Waals surface area contributed by atoms with Crippen LogP contribution >= 0.6 is 34.8 Å². The molecule has 0 radical (unpaired) electrons. The van der Waals surface area contributed by atoms with Gasteiger partial charge in [0.1, 0.15) is 0 Å². The van der Waals surface area contributed by atoms with Gasteiger partial charge in [-0.15, -0.1) is 0 Å². The summed E-state index contributed by atoms with van der Waals surface area (Å²) in [6.45, 7) is 3.46.